The summed E-state index contributed by atoms with van der Waals surface area (Å²) in [7, 11) is 0. The van der Waals surface area contributed by atoms with Gasteiger partial charge in [-0.05, 0) is 23.1 Å². The third-order valence-electron chi connectivity index (χ3n) is 4.33. The maximum absolute atomic E-state index is 11.9. The number of rotatable bonds is 7. The van der Waals surface area contributed by atoms with Crippen LogP contribution in [-0.2, 0) is 16.0 Å². The Labute approximate surface area is 160 Å². The Balaban J connectivity index is 1.50. The van der Waals surface area contributed by atoms with Gasteiger partial charge in [-0.15, -0.1) is 0 Å². The molecule has 3 N–H and O–H groups in total. The first-order valence-corrected chi connectivity index (χ1v) is 8.64. The van der Waals surface area contributed by atoms with Gasteiger partial charge in [0.15, 0.2) is 0 Å². The van der Waals surface area contributed by atoms with Crippen molar-refractivity contribution >= 4 is 23.5 Å². The number of carbonyl (C=O) groups is 3. The Hall–Kier alpha value is -3.75. The molecule has 4 amide bonds. The van der Waals surface area contributed by atoms with E-state index in [1.54, 1.807) is 12.1 Å². The lowest BCUT2D eigenvalue weighted by molar-refractivity contribution is -0.384. The molecule has 1 aliphatic rings. The SMILES string of the molecule is O=C(CC1NC(=O)NC1=O)NCCc1ccc(-c2cccc([N+](=O)[O-])c2)cc1. The fourth-order valence-electron chi connectivity index (χ4n) is 2.87. The van der Waals surface area contributed by atoms with Gasteiger partial charge in [0.25, 0.3) is 11.6 Å². The number of hydrogen-bond donors (Lipinski definition) is 3. The van der Waals surface area contributed by atoms with Crippen molar-refractivity contribution in [1.82, 2.24) is 16.0 Å². The Morgan fingerprint density at radius 1 is 1.11 bits per heavy atom. The molecule has 1 saturated heterocycles. The molecule has 0 saturated carbocycles. The number of imide groups is 1. The molecule has 28 heavy (non-hydrogen) atoms. The van der Waals surface area contributed by atoms with E-state index < -0.39 is 22.9 Å². The van der Waals surface area contributed by atoms with Gasteiger partial charge in [-0.3, -0.25) is 25.0 Å². The minimum absolute atomic E-state index is 0.0384. The molecule has 1 fully saturated rings. The van der Waals surface area contributed by atoms with Gasteiger partial charge in [0.2, 0.25) is 5.91 Å². The second-order valence-corrected chi connectivity index (χ2v) is 6.32. The zero-order chi connectivity index (χ0) is 20.1. The van der Waals surface area contributed by atoms with E-state index in [1.165, 1.54) is 12.1 Å². The predicted molar refractivity (Wildman–Crippen MR) is 100 cm³/mol. The van der Waals surface area contributed by atoms with Gasteiger partial charge >= 0.3 is 6.03 Å². The topological polar surface area (TPSA) is 130 Å². The Kier molecular flexibility index (Phi) is 5.64. The van der Waals surface area contributed by atoms with Gasteiger partial charge in [0.05, 0.1) is 11.3 Å². The van der Waals surface area contributed by atoms with Crippen LogP contribution in [0.1, 0.15) is 12.0 Å². The molecule has 0 radical (unpaired) electrons. The fraction of sp³-hybridized carbons (Fsp3) is 0.211. The summed E-state index contributed by atoms with van der Waals surface area (Å²) >= 11 is 0. The monoisotopic (exact) mass is 382 g/mol. The van der Waals surface area contributed by atoms with Crippen molar-refractivity contribution in [3.8, 4) is 11.1 Å². The molecule has 2 aromatic carbocycles. The molecule has 144 valence electrons. The molecule has 3 rings (SSSR count). The van der Waals surface area contributed by atoms with Crippen LogP contribution >= 0.6 is 0 Å². The van der Waals surface area contributed by atoms with Gasteiger partial charge in [0.1, 0.15) is 6.04 Å². The Morgan fingerprint density at radius 3 is 2.50 bits per heavy atom. The van der Waals surface area contributed by atoms with Crippen LogP contribution in [-0.4, -0.2) is 35.4 Å². The van der Waals surface area contributed by atoms with Crippen LogP contribution in [0.4, 0.5) is 10.5 Å². The molecule has 0 aliphatic carbocycles. The van der Waals surface area contributed by atoms with E-state index in [0.717, 1.165) is 16.7 Å². The van der Waals surface area contributed by atoms with Gasteiger partial charge in [-0.2, -0.15) is 0 Å². The number of nitro groups is 1. The third-order valence-corrected chi connectivity index (χ3v) is 4.33. The van der Waals surface area contributed by atoms with E-state index in [4.69, 9.17) is 0 Å². The van der Waals surface area contributed by atoms with Crippen LogP contribution in [0.3, 0.4) is 0 Å². The quantitative estimate of drug-likeness (QED) is 0.380. The Bertz CT molecular complexity index is 926. The number of nitrogens with zero attached hydrogens (tertiary/aromatic N) is 1. The molecular weight excluding hydrogens is 364 g/mol. The fourth-order valence-corrected chi connectivity index (χ4v) is 2.87. The molecule has 1 heterocycles. The highest BCUT2D eigenvalue weighted by Gasteiger charge is 2.31. The number of urea groups is 1. The summed E-state index contributed by atoms with van der Waals surface area (Å²) in [5.41, 5.74) is 2.64. The zero-order valence-corrected chi connectivity index (χ0v) is 14.8. The molecule has 9 nitrogen and oxygen atoms in total. The van der Waals surface area contributed by atoms with Gasteiger partial charge in [0, 0.05) is 18.7 Å². The maximum atomic E-state index is 11.9. The third kappa shape index (κ3) is 4.70. The molecule has 2 aromatic rings. The highest BCUT2D eigenvalue weighted by atomic mass is 16.6. The highest BCUT2D eigenvalue weighted by molar-refractivity contribution is 6.05. The molecule has 9 heteroatoms. The van der Waals surface area contributed by atoms with Crippen molar-refractivity contribution in [2.45, 2.75) is 18.9 Å². The second-order valence-electron chi connectivity index (χ2n) is 6.32. The molecule has 1 aliphatic heterocycles. The van der Waals surface area contributed by atoms with E-state index in [-0.39, 0.29) is 18.0 Å². The van der Waals surface area contributed by atoms with Crippen LogP contribution in [0, 0.1) is 10.1 Å². The van der Waals surface area contributed by atoms with Gasteiger partial charge in [-0.1, -0.05) is 36.4 Å². The Morgan fingerprint density at radius 2 is 1.86 bits per heavy atom. The van der Waals surface area contributed by atoms with Crippen LogP contribution in [0.15, 0.2) is 48.5 Å². The number of amides is 4. The molecule has 0 bridgehead atoms. The lowest BCUT2D eigenvalue weighted by atomic mass is 10.0. The smallest absolute Gasteiger partial charge is 0.322 e. The number of hydrogen-bond acceptors (Lipinski definition) is 5. The van der Waals surface area contributed by atoms with Crippen molar-refractivity contribution in [2.75, 3.05) is 6.54 Å². The van der Waals surface area contributed by atoms with E-state index >= 15 is 0 Å². The van der Waals surface area contributed by atoms with E-state index in [2.05, 4.69) is 16.0 Å². The number of non-ortho nitro benzene ring substituents is 1. The summed E-state index contributed by atoms with van der Waals surface area (Å²) < 4.78 is 0. The molecule has 1 atom stereocenters. The average molecular weight is 382 g/mol. The number of benzene rings is 2. The largest absolute Gasteiger partial charge is 0.356 e. The highest BCUT2D eigenvalue weighted by Crippen LogP contribution is 2.24. The first kappa shape index (κ1) is 19.0. The second kappa shape index (κ2) is 8.30. The summed E-state index contributed by atoms with van der Waals surface area (Å²) in [6.45, 7) is 0.386. The predicted octanol–water partition coefficient (Wildman–Crippen LogP) is 1.52. The van der Waals surface area contributed by atoms with E-state index in [0.29, 0.717) is 13.0 Å². The van der Waals surface area contributed by atoms with Crippen LogP contribution < -0.4 is 16.0 Å². The zero-order valence-electron chi connectivity index (χ0n) is 14.8. The molecule has 0 aromatic heterocycles. The summed E-state index contributed by atoms with van der Waals surface area (Å²) in [6.07, 6.45) is 0.480. The minimum atomic E-state index is -0.832. The standard InChI is InChI=1S/C19H18N4O5/c24-17(11-16-18(25)22-19(26)21-16)20-9-8-12-4-6-13(7-5-12)14-2-1-3-15(10-14)23(27)28/h1-7,10,16H,8-9,11H2,(H,20,24)(H2,21,22,25,26). The first-order chi connectivity index (χ1) is 13.4. The lowest BCUT2D eigenvalue weighted by Gasteiger charge is -2.09. The molecular formula is C19H18N4O5. The van der Waals surface area contributed by atoms with E-state index in [1.807, 2.05) is 24.3 Å². The minimum Gasteiger partial charge on any atom is -0.356 e. The molecule has 1 unspecified atom stereocenters. The lowest BCUT2D eigenvalue weighted by Crippen LogP contribution is -2.36. The van der Waals surface area contributed by atoms with Crippen LogP contribution in [0.5, 0.6) is 0 Å². The van der Waals surface area contributed by atoms with Crippen molar-refractivity contribution in [1.29, 1.82) is 0 Å². The summed E-state index contributed by atoms with van der Waals surface area (Å²) in [6, 6.07) is 12.5. The normalized spacial score (nSPS) is 15.6. The van der Waals surface area contributed by atoms with Crippen LogP contribution in [0.25, 0.3) is 11.1 Å². The van der Waals surface area contributed by atoms with Crippen LogP contribution in [0.2, 0.25) is 0 Å². The molecule has 0 spiro atoms. The first-order valence-electron chi connectivity index (χ1n) is 8.64. The van der Waals surface area contributed by atoms with Gasteiger partial charge in [-0.25, -0.2) is 4.79 Å². The number of nitrogens with one attached hydrogen (secondary N) is 3. The number of carbonyl (C=O) groups excluding carboxylic acids is 3. The maximum Gasteiger partial charge on any atom is 0.322 e. The van der Waals surface area contributed by atoms with Gasteiger partial charge < -0.3 is 10.6 Å². The summed E-state index contributed by atoms with van der Waals surface area (Å²) in [4.78, 5) is 44.8. The van der Waals surface area contributed by atoms with E-state index in [9.17, 15) is 24.5 Å². The van der Waals surface area contributed by atoms with Crippen molar-refractivity contribution < 1.29 is 19.3 Å². The summed E-state index contributed by atoms with van der Waals surface area (Å²) in [5, 5.41) is 18.0. The summed E-state index contributed by atoms with van der Waals surface area (Å²) in [5.74, 6) is -0.826. The average Bonchev–Trinajstić information content (AvgIpc) is 2.99. The van der Waals surface area contributed by atoms with Crippen molar-refractivity contribution in [2.24, 2.45) is 0 Å². The number of nitro benzene ring substituents is 1. The van der Waals surface area contributed by atoms with Crippen molar-refractivity contribution in [3.63, 3.8) is 0 Å². The van der Waals surface area contributed by atoms with Crippen molar-refractivity contribution in [3.05, 3.63) is 64.2 Å².